The van der Waals surface area contributed by atoms with Gasteiger partial charge in [-0.3, -0.25) is 9.78 Å². The van der Waals surface area contributed by atoms with Crippen molar-refractivity contribution >= 4 is 40.8 Å². The largest absolute Gasteiger partial charge is 0.375 e. The molecule has 0 bridgehead atoms. The van der Waals surface area contributed by atoms with Crippen molar-refractivity contribution in [2.24, 2.45) is 5.92 Å². The molecule has 1 amide bonds. The third kappa shape index (κ3) is 5.97. The average Bonchev–Trinajstić information content (AvgIpc) is 3.20. The number of alkyl halides is 3. The monoisotopic (exact) mass is 492 g/mol. The Balaban J connectivity index is 1.60. The van der Waals surface area contributed by atoms with Crippen molar-refractivity contribution in [2.45, 2.75) is 23.0 Å². The summed E-state index contributed by atoms with van der Waals surface area (Å²) >= 11 is 5.14. The molecule has 0 spiro atoms. The molecule has 0 saturated carbocycles. The molecule has 1 atom stereocenters. The second kappa shape index (κ2) is 9.61. The van der Waals surface area contributed by atoms with Crippen molar-refractivity contribution in [3.8, 4) is 11.1 Å². The first-order valence-corrected chi connectivity index (χ1v) is 11.4. The number of aromatic nitrogens is 2. The number of benzene rings is 1. The third-order valence-electron chi connectivity index (χ3n) is 5.21. The van der Waals surface area contributed by atoms with E-state index in [1.165, 1.54) is 42.7 Å². The van der Waals surface area contributed by atoms with Gasteiger partial charge in [0.15, 0.2) is 0 Å². The summed E-state index contributed by atoms with van der Waals surface area (Å²) in [5, 5.41) is 2.72. The Labute approximate surface area is 198 Å². The Bertz CT molecular complexity index is 1160. The fourth-order valence-electron chi connectivity index (χ4n) is 3.68. The summed E-state index contributed by atoms with van der Waals surface area (Å²) in [6.45, 7) is 3.80. The van der Waals surface area contributed by atoms with Crippen molar-refractivity contribution in [1.29, 1.82) is 0 Å². The van der Waals surface area contributed by atoms with Crippen molar-refractivity contribution in [2.75, 3.05) is 23.3 Å². The first-order valence-electron chi connectivity index (χ1n) is 10.2. The van der Waals surface area contributed by atoms with Gasteiger partial charge in [-0.05, 0) is 72.1 Å². The summed E-state index contributed by atoms with van der Waals surface area (Å²) in [5.41, 5.74) is 1.83. The van der Waals surface area contributed by atoms with Crippen LogP contribution in [0.3, 0.4) is 0 Å². The number of pyridine rings is 2. The van der Waals surface area contributed by atoms with Gasteiger partial charge in [0.25, 0.3) is 5.91 Å². The number of carbonyl (C=O) groups is 1. The second-order valence-electron chi connectivity index (χ2n) is 7.85. The predicted molar refractivity (Wildman–Crippen MR) is 124 cm³/mol. The van der Waals surface area contributed by atoms with Gasteiger partial charge in [0, 0.05) is 47.2 Å². The zero-order chi connectivity index (χ0) is 23.6. The number of hydrogen-bond donors (Lipinski definition) is 1. The standard InChI is InChI=1S/C23H20ClF3N4OS/c1-14-6-7-31(13-14)21-20(15-8-17(25)12-28-10-15)9-16(11-29-21)22(32)30-18-2-4-19(5-3-18)33-23(24,26)27/h2-5,8-12,14H,6-7,13H2,1H3,(H,30,32)/t14-/m1/s1. The minimum atomic E-state index is -3.41. The maximum Gasteiger partial charge on any atom is 0.375 e. The molecule has 1 aliphatic rings. The van der Waals surface area contributed by atoms with Gasteiger partial charge in [-0.2, -0.15) is 8.78 Å². The van der Waals surface area contributed by atoms with E-state index in [4.69, 9.17) is 11.6 Å². The van der Waals surface area contributed by atoms with Crippen LogP contribution in [0.5, 0.6) is 0 Å². The fourth-order valence-corrected chi connectivity index (χ4v) is 4.48. The molecule has 0 unspecified atom stereocenters. The Morgan fingerprint density at radius 2 is 1.97 bits per heavy atom. The number of nitrogens with one attached hydrogen (secondary N) is 1. The molecule has 33 heavy (non-hydrogen) atoms. The van der Waals surface area contributed by atoms with Crippen LogP contribution in [-0.2, 0) is 0 Å². The summed E-state index contributed by atoms with van der Waals surface area (Å²) in [6, 6.07) is 8.92. The predicted octanol–water partition coefficient (Wildman–Crippen LogP) is 6.26. The smallest absolute Gasteiger partial charge is 0.356 e. The highest BCUT2D eigenvalue weighted by Crippen LogP contribution is 2.39. The van der Waals surface area contributed by atoms with Crippen LogP contribution in [0.1, 0.15) is 23.7 Å². The summed E-state index contributed by atoms with van der Waals surface area (Å²) in [4.78, 5) is 23.7. The van der Waals surface area contributed by atoms with E-state index < -0.39 is 16.4 Å². The Morgan fingerprint density at radius 1 is 1.21 bits per heavy atom. The van der Waals surface area contributed by atoms with E-state index in [2.05, 4.69) is 27.1 Å². The average molecular weight is 493 g/mol. The molecule has 10 heteroatoms. The number of rotatable bonds is 6. The topological polar surface area (TPSA) is 58.1 Å². The molecular weight excluding hydrogens is 473 g/mol. The van der Waals surface area contributed by atoms with Crippen LogP contribution in [0.25, 0.3) is 11.1 Å². The number of thioether (sulfide) groups is 1. The number of nitrogens with zero attached hydrogens (tertiary/aromatic N) is 3. The van der Waals surface area contributed by atoms with Gasteiger partial charge in [-0.1, -0.05) is 6.92 Å². The van der Waals surface area contributed by atoms with Gasteiger partial charge in [0.05, 0.1) is 11.8 Å². The highest BCUT2D eigenvalue weighted by atomic mass is 35.5. The molecule has 3 heterocycles. The summed E-state index contributed by atoms with van der Waals surface area (Å²) in [6.07, 6.45) is 5.15. The lowest BCUT2D eigenvalue weighted by atomic mass is 10.1. The van der Waals surface area contributed by atoms with E-state index in [0.717, 1.165) is 25.7 Å². The first kappa shape index (κ1) is 23.4. The van der Waals surface area contributed by atoms with Gasteiger partial charge in [0.1, 0.15) is 11.6 Å². The Hall–Kier alpha value is -2.78. The molecule has 1 aliphatic heterocycles. The van der Waals surface area contributed by atoms with Gasteiger partial charge in [0.2, 0.25) is 0 Å². The molecule has 0 radical (unpaired) electrons. The normalized spacial score (nSPS) is 16.2. The van der Waals surface area contributed by atoms with Crippen LogP contribution in [-0.4, -0.2) is 33.7 Å². The zero-order valence-corrected chi connectivity index (χ0v) is 19.1. The summed E-state index contributed by atoms with van der Waals surface area (Å²) in [5.74, 6) is 0.265. The van der Waals surface area contributed by atoms with E-state index in [9.17, 15) is 18.0 Å². The molecule has 1 aromatic carbocycles. The minimum absolute atomic E-state index is 0.207. The SMILES string of the molecule is C[C@@H]1CCN(c2ncc(C(=O)Nc3ccc(SC(F)(F)Cl)cc3)cc2-c2cncc(F)c2)C1. The van der Waals surface area contributed by atoms with E-state index in [1.54, 1.807) is 6.07 Å². The van der Waals surface area contributed by atoms with Gasteiger partial charge in [-0.15, -0.1) is 0 Å². The maximum atomic E-state index is 13.9. The highest BCUT2D eigenvalue weighted by molar-refractivity contribution is 8.01. The fraction of sp³-hybridized carbons (Fsp3) is 0.261. The molecule has 1 fully saturated rings. The number of amides is 1. The molecule has 4 rings (SSSR count). The van der Waals surface area contributed by atoms with Crippen LogP contribution in [0.15, 0.2) is 59.9 Å². The van der Waals surface area contributed by atoms with Crippen molar-refractivity contribution in [1.82, 2.24) is 9.97 Å². The molecule has 0 aliphatic carbocycles. The summed E-state index contributed by atoms with van der Waals surface area (Å²) < 4.78 is 36.3. The molecule has 172 valence electrons. The molecule has 3 aromatic rings. The van der Waals surface area contributed by atoms with E-state index in [-0.39, 0.29) is 22.2 Å². The van der Waals surface area contributed by atoms with E-state index in [0.29, 0.717) is 28.6 Å². The number of carbonyl (C=O) groups excluding carboxylic acids is 1. The first-order chi connectivity index (χ1) is 15.7. The molecular formula is C23H20ClF3N4OS. The van der Waals surface area contributed by atoms with Gasteiger partial charge >= 0.3 is 4.71 Å². The zero-order valence-electron chi connectivity index (χ0n) is 17.6. The highest BCUT2D eigenvalue weighted by Gasteiger charge is 2.26. The van der Waals surface area contributed by atoms with Crippen molar-refractivity contribution in [3.63, 3.8) is 0 Å². The minimum Gasteiger partial charge on any atom is -0.356 e. The molecule has 5 nitrogen and oxygen atoms in total. The number of halogens is 4. The number of hydrogen-bond acceptors (Lipinski definition) is 5. The lowest BCUT2D eigenvalue weighted by molar-refractivity contribution is 0.102. The maximum absolute atomic E-state index is 13.9. The summed E-state index contributed by atoms with van der Waals surface area (Å²) in [7, 11) is 0. The number of anilines is 2. The lowest BCUT2D eigenvalue weighted by Crippen LogP contribution is -2.22. The Morgan fingerprint density at radius 3 is 2.61 bits per heavy atom. The third-order valence-corrected chi connectivity index (χ3v) is 6.18. The van der Waals surface area contributed by atoms with Crippen LogP contribution in [0.4, 0.5) is 24.7 Å². The quantitative estimate of drug-likeness (QED) is 0.325. The van der Waals surface area contributed by atoms with Crippen LogP contribution in [0.2, 0.25) is 0 Å². The van der Waals surface area contributed by atoms with E-state index >= 15 is 0 Å². The Kier molecular flexibility index (Phi) is 6.81. The lowest BCUT2D eigenvalue weighted by Gasteiger charge is -2.21. The van der Waals surface area contributed by atoms with Crippen molar-refractivity contribution in [3.05, 3.63) is 66.4 Å². The van der Waals surface area contributed by atoms with Crippen molar-refractivity contribution < 1.29 is 18.0 Å². The molecule has 2 aromatic heterocycles. The van der Waals surface area contributed by atoms with Crippen LogP contribution >= 0.6 is 23.4 Å². The molecule has 1 N–H and O–H groups in total. The molecule has 1 saturated heterocycles. The van der Waals surface area contributed by atoms with E-state index in [1.807, 2.05) is 0 Å². The second-order valence-corrected chi connectivity index (χ2v) is 9.74. The van der Waals surface area contributed by atoms with Crippen LogP contribution in [0, 0.1) is 11.7 Å². The van der Waals surface area contributed by atoms with Gasteiger partial charge in [-0.25, -0.2) is 9.37 Å². The van der Waals surface area contributed by atoms with Crippen LogP contribution < -0.4 is 10.2 Å². The van der Waals surface area contributed by atoms with Gasteiger partial charge < -0.3 is 10.2 Å².